The van der Waals surface area contributed by atoms with Gasteiger partial charge in [-0.3, -0.25) is 0 Å². The fourth-order valence-electron chi connectivity index (χ4n) is 1.25. The highest BCUT2D eigenvalue weighted by Crippen LogP contribution is 2.36. The van der Waals surface area contributed by atoms with Crippen molar-refractivity contribution in [1.82, 2.24) is 0 Å². The van der Waals surface area contributed by atoms with Gasteiger partial charge in [0.25, 0.3) is 0 Å². The molecular weight excluding hydrogens is 188 g/mol. The topological polar surface area (TPSA) is 20.2 Å². The van der Waals surface area contributed by atoms with Crippen LogP contribution in [0.2, 0.25) is 0 Å². The Morgan fingerprint density at radius 2 is 2.17 bits per heavy atom. The molecule has 3 heteroatoms. The molecule has 0 aliphatic heterocycles. The molecule has 1 heterocycles. The lowest BCUT2D eigenvalue weighted by Crippen LogP contribution is -1.72. The van der Waals surface area contributed by atoms with E-state index in [-0.39, 0.29) is 0 Å². The minimum Gasteiger partial charge on any atom is -0.506 e. The van der Waals surface area contributed by atoms with Crippen LogP contribution < -0.4 is 0 Å². The van der Waals surface area contributed by atoms with Crippen molar-refractivity contribution in [3.05, 3.63) is 23.1 Å². The number of benzene rings is 1. The van der Waals surface area contributed by atoms with E-state index in [1.165, 1.54) is 0 Å². The number of aromatic hydroxyl groups is 1. The lowest BCUT2D eigenvalue weighted by molar-refractivity contribution is 0.469. The first-order chi connectivity index (χ1) is 5.70. The maximum atomic E-state index is 9.66. The Bertz CT molecular complexity index is 431. The molecule has 0 radical (unpaired) electrons. The lowest BCUT2D eigenvalue weighted by atomic mass is 10.2. The summed E-state index contributed by atoms with van der Waals surface area (Å²) >= 11 is 5.79. The Morgan fingerprint density at radius 3 is 2.92 bits per heavy atom. The molecule has 0 saturated carbocycles. The number of hydrogen-bond acceptors (Lipinski definition) is 3. The molecule has 0 unspecified atom stereocenters. The molecule has 1 N–H and O–H groups in total. The second kappa shape index (κ2) is 2.68. The summed E-state index contributed by atoms with van der Waals surface area (Å²) in [4.78, 5) is 0.643. The van der Waals surface area contributed by atoms with Crippen molar-refractivity contribution in [2.75, 3.05) is 0 Å². The van der Waals surface area contributed by atoms with Crippen molar-refractivity contribution >= 4 is 34.1 Å². The van der Waals surface area contributed by atoms with E-state index in [1.54, 1.807) is 11.3 Å². The Hall–Kier alpha value is -0.670. The zero-order valence-corrected chi connectivity index (χ0v) is 8.25. The summed E-state index contributed by atoms with van der Waals surface area (Å²) in [7, 11) is 0. The fourth-order valence-corrected chi connectivity index (χ4v) is 2.38. The highest BCUT2D eigenvalue weighted by Gasteiger charge is 2.07. The maximum Gasteiger partial charge on any atom is 0.137 e. The highest BCUT2D eigenvalue weighted by molar-refractivity contribution is 7.80. The van der Waals surface area contributed by atoms with Crippen LogP contribution >= 0.6 is 24.0 Å². The average molecular weight is 196 g/mol. The van der Waals surface area contributed by atoms with Crippen LogP contribution in [-0.4, -0.2) is 5.11 Å². The molecule has 2 rings (SSSR count). The molecular formula is C9H8OS2. The molecule has 2 aromatic rings. The number of thiol groups is 1. The van der Waals surface area contributed by atoms with Crippen molar-refractivity contribution in [3.63, 3.8) is 0 Å². The zero-order valence-electron chi connectivity index (χ0n) is 6.53. The normalized spacial score (nSPS) is 10.8. The van der Waals surface area contributed by atoms with Crippen LogP contribution in [-0.2, 0) is 0 Å². The summed E-state index contributed by atoms with van der Waals surface area (Å²) in [6, 6.07) is 3.80. The molecule has 62 valence electrons. The number of hydrogen-bond donors (Lipinski definition) is 2. The number of rotatable bonds is 0. The summed E-state index contributed by atoms with van der Waals surface area (Å²) in [6.45, 7) is 1.99. The van der Waals surface area contributed by atoms with Crippen molar-refractivity contribution in [2.45, 2.75) is 11.8 Å². The van der Waals surface area contributed by atoms with E-state index < -0.39 is 0 Å². The van der Waals surface area contributed by atoms with Crippen molar-refractivity contribution in [2.24, 2.45) is 0 Å². The number of fused-ring (bicyclic) bond motifs is 1. The zero-order chi connectivity index (χ0) is 8.72. The Morgan fingerprint density at radius 1 is 1.42 bits per heavy atom. The molecule has 1 aromatic heterocycles. The van der Waals surface area contributed by atoms with Crippen LogP contribution in [0, 0.1) is 6.92 Å². The van der Waals surface area contributed by atoms with Gasteiger partial charge in [0, 0.05) is 15.0 Å². The van der Waals surface area contributed by atoms with Crippen molar-refractivity contribution in [3.8, 4) is 5.75 Å². The first-order valence-corrected chi connectivity index (χ1v) is 4.91. The van der Waals surface area contributed by atoms with Crippen LogP contribution in [0.15, 0.2) is 22.4 Å². The van der Waals surface area contributed by atoms with E-state index in [4.69, 9.17) is 0 Å². The summed E-state index contributed by atoms with van der Waals surface area (Å²) < 4.78 is 1.11. The van der Waals surface area contributed by atoms with Crippen LogP contribution in [0.5, 0.6) is 5.75 Å². The first-order valence-electron chi connectivity index (χ1n) is 3.59. The fraction of sp³-hybridized carbons (Fsp3) is 0.111. The molecule has 0 aliphatic rings. The third-order valence-corrected chi connectivity index (χ3v) is 3.30. The van der Waals surface area contributed by atoms with Crippen molar-refractivity contribution in [1.29, 1.82) is 0 Å². The van der Waals surface area contributed by atoms with Gasteiger partial charge in [-0.05, 0) is 30.0 Å². The van der Waals surface area contributed by atoms with Gasteiger partial charge in [-0.1, -0.05) is 0 Å². The van der Waals surface area contributed by atoms with Gasteiger partial charge in [-0.2, -0.15) is 0 Å². The monoisotopic (exact) mass is 196 g/mol. The van der Waals surface area contributed by atoms with E-state index in [0.29, 0.717) is 10.6 Å². The molecule has 0 saturated heterocycles. The molecule has 0 aliphatic carbocycles. The van der Waals surface area contributed by atoms with E-state index >= 15 is 0 Å². The third-order valence-electron chi connectivity index (χ3n) is 1.88. The van der Waals surface area contributed by atoms with E-state index in [9.17, 15) is 5.11 Å². The van der Waals surface area contributed by atoms with Gasteiger partial charge >= 0.3 is 0 Å². The van der Waals surface area contributed by atoms with Gasteiger partial charge in [-0.25, -0.2) is 0 Å². The summed E-state index contributed by atoms with van der Waals surface area (Å²) in [5, 5.41) is 12.6. The number of thiophene rings is 1. The van der Waals surface area contributed by atoms with Gasteiger partial charge in [-0.15, -0.1) is 24.0 Å². The standard InChI is InChI=1S/C9H8OS2/c1-5-4-12-7-3-2-6(11)9(10)8(5)7/h2-4,10-11H,1H3. The van der Waals surface area contributed by atoms with Crippen LogP contribution in [0.25, 0.3) is 10.1 Å². The van der Waals surface area contributed by atoms with E-state index in [2.05, 4.69) is 12.6 Å². The molecule has 0 fully saturated rings. The van der Waals surface area contributed by atoms with E-state index in [0.717, 1.165) is 15.6 Å². The quantitative estimate of drug-likeness (QED) is 0.620. The molecule has 12 heavy (non-hydrogen) atoms. The van der Waals surface area contributed by atoms with E-state index in [1.807, 2.05) is 24.4 Å². The number of phenols is 1. The van der Waals surface area contributed by atoms with Crippen LogP contribution in [0.1, 0.15) is 5.56 Å². The predicted molar refractivity (Wildman–Crippen MR) is 55.5 cm³/mol. The molecule has 0 atom stereocenters. The molecule has 0 amide bonds. The van der Waals surface area contributed by atoms with Gasteiger partial charge < -0.3 is 5.11 Å². The second-order valence-corrected chi connectivity index (χ2v) is 4.12. The Kier molecular flexibility index (Phi) is 1.77. The molecule has 1 nitrogen and oxygen atoms in total. The average Bonchev–Trinajstić information content (AvgIpc) is 2.41. The lowest BCUT2D eigenvalue weighted by Gasteiger charge is -1.99. The molecule has 0 bridgehead atoms. The second-order valence-electron chi connectivity index (χ2n) is 2.73. The minimum atomic E-state index is 0.301. The molecule has 0 spiro atoms. The predicted octanol–water partition coefficient (Wildman–Crippen LogP) is 3.20. The van der Waals surface area contributed by atoms with Gasteiger partial charge in [0.15, 0.2) is 0 Å². The Labute approximate surface area is 80.1 Å². The highest BCUT2D eigenvalue weighted by atomic mass is 32.1. The summed E-state index contributed by atoms with van der Waals surface area (Å²) in [6.07, 6.45) is 0. The Balaban J connectivity index is 2.96. The number of aryl methyl sites for hydroxylation is 1. The number of phenolic OH excluding ortho intramolecular Hbond substituents is 1. The van der Waals surface area contributed by atoms with Gasteiger partial charge in [0.2, 0.25) is 0 Å². The smallest absolute Gasteiger partial charge is 0.137 e. The van der Waals surface area contributed by atoms with Crippen LogP contribution in [0.4, 0.5) is 0 Å². The minimum absolute atomic E-state index is 0.301. The molecule has 1 aromatic carbocycles. The third kappa shape index (κ3) is 1.01. The summed E-state index contributed by atoms with van der Waals surface area (Å²) in [5.74, 6) is 0.301. The van der Waals surface area contributed by atoms with Crippen molar-refractivity contribution < 1.29 is 5.11 Å². The largest absolute Gasteiger partial charge is 0.506 e. The summed E-state index contributed by atoms with van der Waals surface area (Å²) in [5.41, 5.74) is 1.11. The maximum absolute atomic E-state index is 9.66. The van der Waals surface area contributed by atoms with Crippen LogP contribution in [0.3, 0.4) is 0 Å². The van der Waals surface area contributed by atoms with Gasteiger partial charge in [0.05, 0.1) is 0 Å². The first kappa shape index (κ1) is 7.95. The SMILES string of the molecule is Cc1csc2ccc(S)c(O)c12. The van der Waals surface area contributed by atoms with Gasteiger partial charge in [0.1, 0.15) is 5.75 Å².